The summed E-state index contributed by atoms with van der Waals surface area (Å²) in [6, 6.07) is 21.3. The Hall–Kier alpha value is -4.20. The van der Waals surface area contributed by atoms with Crippen LogP contribution in [-0.2, 0) is 17.8 Å². The highest BCUT2D eigenvalue weighted by molar-refractivity contribution is 5.77. The van der Waals surface area contributed by atoms with Gasteiger partial charge in [-0.05, 0) is 42.0 Å². The van der Waals surface area contributed by atoms with Gasteiger partial charge in [0.1, 0.15) is 11.6 Å². The molecule has 1 aliphatic rings. The van der Waals surface area contributed by atoms with Crippen LogP contribution in [0, 0.1) is 0 Å². The number of pyridine rings is 1. The van der Waals surface area contributed by atoms with E-state index in [2.05, 4.69) is 14.9 Å². The van der Waals surface area contributed by atoms with Crippen molar-refractivity contribution in [2.24, 2.45) is 0 Å². The smallest absolute Gasteiger partial charge is 0.263 e. The second-order valence-corrected chi connectivity index (χ2v) is 8.85. The zero-order chi connectivity index (χ0) is 24.9. The normalized spacial score (nSPS) is 13.7. The van der Waals surface area contributed by atoms with Gasteiger partial charge in [0, 0.05) is 50.9 Å². The summed E-state index contributed by atoms with van der Waals surface area (Å²) >= 11 is 0. The predicted molar refractivity (Wildman–Crippen MR) is 139 cm³/mol. The molecule has 4 aromatic rings. The Labute approximate surface area is 209 Å². The van der Waals surface area contributed by atoms with Crippen molar-refractivity contribution >= 4 is 22.6 Å². The number of aryl methyl sites for hydroxylation is 1. The first-order chi connectivity index (χ1) is 17.6. The predicted octanol–water partition coefficient (Wildman–Crippen LogP) is 3.13. The third-order valence-electron chi connectivity index (χ3n) is 6.62. The molecule has 3 heterocycles. The zero-order valence-corrected chi connectivity index (χ0v) is 20.3. The third kappa shape index (κ3) is 5.07. The largest absolute Gasteiger partial charge is 0.497 e. The van der Waals surface area contributed by atoms with Crippen LogP contribution in [-0.4, -0.2) is 58.6 Å². The summed E-state index contributed by atoms with van der Waals surface area (Å²) < 4.78 is 6.91. The number of ether oxygens (including phenoxy) is 1. The molecule has 36 heavy (non-hydrogen) atoms. The number of amides is 1. The molecule has 2 aromatic carbocycles. The van der Waals surface area contributed by atoms with E-state index in [0.717, 1.165) is 30.1 Å². The molecular weight excluding hydrogens is 454 g/mol. The Morgan fingerprint density at radius 3 is 2.42 bits per heavy atom. The van der Waals surface area contributed by atoms with Gasteiger partial charge in [-0.3, -0.25) is 14.2 Å². The average Bonchev–Trinajstić information content (AvgIpc) is 2.94. The molecule has 0 radical (unpaired) electrons. The van der Waals surface area contributed by atoms with E-state index >= 15 is 0 Å². The van der Waals surface area contributed by atoms with Gasteiger partial charge in [0.05, 0.1) is 19.0 Å². The van der Waals surface area contributed by atoms with Crippen molar-refractivity contribution in [2.75, 3.05) is 38.2 Å². The van der Waals surface area contributed by atoms with Crippen LogP contribution in [0.5, 0.6) is 5.75 Å². The number of benzene rings is 2. The van der Waals surface area contributed by atoms with Gasteiger partial charge < -0.3 is 14.5 Å². The second-order valence-electron chi connectivity index (χ2n) is 8.85. The van der Waals surface area contributed by atoms with E-state index in [4.69, 9.17) is 4.74 Å². The lowest BCUT2D eigenvalue weighted by atomic mass is 10.2. The molecule has 8 heteroatoms. The molecule has 0 aliphatic carbocycles. The molecule has 0 saturated carbocycles. The fraction of sp³-hybridized carbons (Fsp3) is 0.286. The number of fused-ring (bicyclic) bond motifs is 1. The van der Waals surface area contributed by atoms with Crippen LogP contribution in [0.1, 0.15) is 17.8 Å². The van der Waals surface area contributed by atoms with E-state index in [1.165, 1.54) is 0 Å². The van der Waals surface area contributed by atoms with Gasteiger partial charge in [0.2, 0.25) is 5.91 Å². The lowest BCUT2D eigenvalue weighted by molar-refractivity contribution is -0.131. The highest BCUT2D eigenvalue weighted by Gasteiger charge is 2.22. The minimum Gasteiger partial charge on any atom is -0.497 e. The van der Waals surface area contributed by atoms with Gasteiger partial charge >= 0.3 is 0 Å². The van der Waals surface area contributed by atoms with Gasteiger partial charge in [0.15, 0.2) is 5.65 Å². The van der Waals surface area contributed by atoms with Gasteiger partial charge in [-0.15, -0.1) is 0 Å². The molecule has 2 aromatic heterocycles. The van der Waals surface area contributed by atoms with Crippen molar-refractivity contribution in [3.8, 4) is 5.75 Å². The topological polar surface area (TPSA) is 80.6 Å². The molecule has 0 N–H and O–H groups in total. The van der Waals surface area contributed by atoms with Crippen molar-refractivity contribution in [2.45, 2.75) is 19.4 Å². The molecule has 5 rings (SSSR count). The quantitative estimate of drug-likeness (QED) is 0.402. The highest BCUT2D eigenvalue weighted by atomic mass is 16.5. The first-order valence-corrected chi connectivity index (χ1v) is 12.2. The van der Waals surface area contributed by atoms with Gasteiger partial charge in [-0.2, -0.15) is 0 Å². The van der Waals surface area contributed by atoms with Crippen molar-refractivity contribution in [3.05, 3.63) is 94.7 Å². The van der Waals surface area contributed by atoms with Crippen molar-refractivity contribution < 1.29 is 9.53 Å². The van der Waals surface area contributed by atoms with Crippen LogP contribution >= 0.6 is 0 Å². The molecule has 1 amide bonds. The molecule has 1 fully saturated rings. The molecular formula is C28H29N5O3. The summed E-state index contributed by atoms with van der Waals surface area (Å²) in [7, 11) is 1.66. The maximum Gasteiger partial charge on any atom is 0.263 e. The molecule has 8 nitrogen and oxygen atoms in total. The molecule has 0 spiro atoms. The van der Waals surface area contributed by atoms with Crippen LogP contribution < -0.4 is 15.2 Å². The summed E-state index contributed by atoms with van der Waals surface area (Å²) in [6.07, 6.45) is 2.31. The molecule has 184 valence electrons. The standard InChI is InChI=1S/C28H29N5O3/c1-36-23-11-9-22(10-12-23)31-16-18-32(19-17-31)26(34)14-13-25-30-27-24(8-5-15-29-27)28(35)33(25)20-21-6-3-2-4-7-21/h2-12,15H,13-14,16-20H2,1H3. The Morgan fingerprint density at radius 1 is 0.944 bits per heavy atom. The number of piperazine rings is 1. The minimum atomic E-state index is -0.132. The van der Waals surface area contributed by atoms with Gasteiger partial charge in [-0.1, -0.05) is 30.3 Å². The van der Waals surface area contributed by atoms with E-state index in [0.29, 0.717) is 49.3 Å². The van der Waals surface area contributed by atoms with Crippen molar-refractivity contribution in [1.29, 1.82) is 0 Å². The number of carbonyl (C=O) groups is 1. The Morgan fingerprint density at radius 2 is 1.69 bits per heavy atom. The number of nitrogens with zero attached hydrogens (tertiary/aromatic N) is 5. The number of hydrogen-bond donors (Lipinski definition) is 0. The number of carbonyl (C=O) groups excluding carboxylic acids is 1. The van der Waals surface area contributed by atoms with Crippen LogP contribution in [0.15, 0.2) is 77.7 Å². The third-order valence-corrected chi connectivity index (χ3v) is 6.62. The second kappa shape index (κ2) is 10.6. The SMILES string of the molecule is COc1ccc(N2CCN(C(=O)CCc3nc4ncccc4c(=O)n3Cc3ccccc3)CC2)cc1. The van der Waals surface area contributed by atoms with E-state index in [1.807, 2.05) is 59.5 Å². The summed E-state index contributed by atoms with van der Waals surface area (Å²) in [4.78, 5) is 39.5. The lowest BCUT2D eigenvalue weighted by Crippen LogP contribution is -2.48. The first kappa shape index (κ1) is 23.5. The molecule has 0 bridgehead atoms. The fourth-order valence-electron chi connectivity index (χ4n) is 4.60. The van der Waals surface area contributed by atoms with Crippen LogP contribution in [0.4, 0.5) is 5.69 Å². The van der Waals surface area contributed by atoms with Crippen molar-refractivity contribution in [1.82, 2.24) is 19.4 Å². The summed E-state index contributed by atoms with van der Waals surface area (Å²) in [5.41, 5.74) is 2.42. The first-order valence-electron chi connectivity index (χ1n) is 12.2. The van der Waals surface area contributed by atoms with E-state index in [1.54, 1.807) is 30.0 Å². The average molecular weight is 484 g/mol. The maximum atomic E-state index is 13.3. The number of anilines is 1. The summed E-state index contributed by atoms with van der Waals surface area (Å²) in [6.45, 7) is 3.27. The Balaban J connectivity index is 1.28. The summed E-state index contributed by atoms with van der Waals surface area (Å²) in [5.74, 6) is 1.49. The fourth-order valence-corrected chi connectivity index (χ4v) is 4.60. The number of aromatic nitrogens is 3. The van der Waals surface area contributed by atoms with Crippen LogP contribution in [0.25, 0.3) is 11.0 Å². The Kier molecular flexibility index (Phi) is 6.93. The maximum absolute atomic E-state index is 13.3. The molecule has 0 unspecified atom stereocenters. The van der Waals surface area contributed by atoms with Gasteiger partial charge in [-0.25, -0.2) is 9.97 Å². The van der Waals surface area contributed by atoms with Crippen LogP contribution in [0.2, 0.25) is 0 Å². The highest BCUT2D eigenvalue weighted by Crippen LogP contribution is 2.21. The van der Waals surface area contributed by atoms with E-state index in [-0.39, 0.29) is 11.5 Å². The lowest BCUT2D eigenvalue weighted by Gasteiger charge is -2.36. The number of hydrogen-bond acceptors (Lipinski definition) is 6. The van der Waals surface area contributed by atoms with Gasteiger partial charge in [0.25, 0.3) is 5.56 Å². The minimum absolute atomic E-state index is 0.0750. The number of rotatable bonds is 7. The Bertz CT molecular complexity index is 1390. The molecule has 1 saturated heterocycles. The monoisotopic (exact) mass is 483 g/mol. The number of methoxy groups -OCH3 is 1. The zero-order valence-electron chi connectivity index (χ0n) is 20.3. The van der Waals surface area contributed by atoms with Crippen LogP contribution in [0.3, 0.4) is 0 Å². The molecule has 0 atom stereocenters. The summed E-state index contributed by atoms with van der Waals surface area (Å²) in [5, 5.41) is 0.484. The van der Waals surface area contributed by atoms with E-state index in [9.17, 15) is 9.59 Å². The van der Waals surface area contributed by atoms with E-state index < -0.39 is 0 Å². The molecule has 1 aliphatic heterocycles. The van der Waals surface area contributed by atoms with Crippen molar-refractivity contribution in [3.63, 3.8) is 0 Å².